The van der Waals surface area contributed by atoms with E-state index >= 15 is 0 Å². The van der Waals surface area contributed by atoms with Crippen LogP contribution in [0.15, 0.2) is 12.7 Å². The number of rotatable bonds is 8. The summed E-state index contributed by atoms with van der Waals surface area (Å²) >= 11 is 0. The Hall–Kier alpha value is -1.85. The zero-order valence-electron chi connectivity index (χ0n) is 14.6. The molecule has 3 heterocycles. The zero-order chi connectivity index (χ0) is 17.8. The molecule has 0 amide bonds. The van der Waals surface area contributed by atoms with Crippen molar-refractivity contribution in [2.75, 3.05) is 46.8 Å². The summed E-state index contributed by atoms with van der Waals surface area (Å²) in [5, 5.41) is 3.27. The van der Waals surface area contributed by atoms with Crippen LogP contribution in [0, 0.1) is 0 Å². The van der Waals surface area contributed by atoms with Gasteiger partial charge in [0, 0.05) is 14.2 Å². The molecule has 3 rings (SSSR count). The minimum absolute atomic E-state index is 0.0570. The van der Waals surface area contributed by atoms with Gasteiger partial charge in [-0.25, -0.2) is 15.0 Å². The highest BCUT2D eigenvalue weighted by molar-refractivity contribution is 5.81. The third-order valence-electron chi connectivity index (χ3n) is 4.27. The van der Waals surface area contributed by atoms with Crippen molar-refractivity contribution in [1.82, 2.24) is 24.8 Å². The van der Waals surface area contributed by atoms with Crippen LogP contribution in [0.3, 0.4) is 0 Å². The van der Waals surface area contributed by atoms with Crippen molar-refractivity contribution in [2.45, 2.75) is 24.5 Å². The molecule has 10 heteroatoms. The molecule has 0 radical (unpaired) electrons. The van der Waals surface area contributed by atoms with Gasteiger partial charge in [0.25, 0.3) is 0 Å². The summed E-state index contributed by atoms with van der Waals surface area (Å²) in [4.78, 5) is 12.6. The normalized spacial score (nSPS) is 26.5. The Morgan fingerprint density at radius 3 is 2.80 bits per heavy atom. The second-order valence-corrected chi connectivity index (χ2v) is 5.75. The first-order valence-electron chi connectivity index (χ1n) is 8.06. The van der Waals surface area contributed by atoms with E-state index in [1.54, 1.807) is 20.5 Å². The van der Waals surface area contributed by atoms with Crippen LogP contribution < -0.4 is 11.1 Å². The fourth-order valence-electron chi connectivity index (χ4n) is 3.12. The van der Waals surface area contributed by atoms with Gasteiger partial charge in [0.15, 0.2) is 17.7 Å². The number of ether oxygens (including phenoxy) is 4. The van der Waals surface area contributed by atoms with Crippen molar-refractivity contribution in [3.05, 3.63) is 12.7 Å². The van der Waals surface area contributed by atoms with Crippen molar-refractivity contribution in [2.24, 2.45) is 0 Å². The van der Waals surface area contributed by atoms with E-state index in [0.29, 0.717) is 36.8 Å². The van der Waals surface area contributed by atoms with E-state index in [-0.39, 0.29) is 18.2 Å². The van der Waals surface area contributed by atoms with Gasteiger partial charge in [-0.3, -0.25) is 4.57 Å². The average molecular weight is 352 g/mol. The first-order valence-corrected chi connectivity index (χ1v) is 8.06. The van der Waals surface area contributed by atoms with Crippen molar-refractivity contribution in [1.29, 1.82) is 0 Å². The Bertz CT molecular complexity index is 696. The number of nitrogens with zero attached hydrogens (tertiary/aromatic N) is 4. The molecule has 1 saturated heterocycles. The Labute approximate surface area is 145 Å². The predicted octanol–water partition coefficient (Wildman–Crippen LogP) is -0.428. The van der Waals surface area contributed by atoms with E-state index in [9.17, 15) is 0 Å². The zero-order valence-corrected chi connectivity index (χ0v) is 14.6. The van der Waals surface area contributed by atoms with Gasteiger partial charge in [-0.05, 0) is 7.05 Å². The summed E-state index contributed by atoms with van der Waals surface area (Å²) in [5.74, 6) is 0.331. The standard InChI is InChI=1S/C15H24N6O4/c1-17-10-9(6-23-3)25-15(12(10)24-5-4-22-2)21-8-20-11-13(16)18-7-19-14(11)21/h7-10,12,15,17H,4-6H2,1-3H3,(H2,16,18,19)/t9-,10-,12-,15-/m1/s1. The molecule has 1 fully saturated rings. The molecule has 4 atom stereocenters. The van der Waals surface area contributed by atoms with Crippen LogP contribution in [0.4, 0.5) is 5.82 Å². The molecule has 1 aliphatic rings. The number of imidazole rings is 1. The monoisotopic (exact) mass is 352 g/mol. The van der Waals surface area contributed by atoms with Crippen LogP contribution >= 0.6 is 0 Å². The molecule has 3 N–H and O–H groups in total. The van der Waals surface area contributed by atoms with Crippen LogP contribution in [-0.4, -0.2) is 78.9 Å². The van der Waals surface area contributed by atoms with E-state index in [1.807, 2.05) is 11.6 Å². The summed E-state index contributed by atoms with van der Waals surface area (Å²) in [6.07, 6.45) is 2.19. The minimum Gasteiger partial charge on any atom is -0.382 e. The third-order valence-corrected chi connectivity index (χ3v) is 4.27. The van der Waals surface area contributed by atoms with E-state index in [1.165, 1.54) is 6.33 Å². The van der Waals surface area contributed by atoms with Crippen molar-refractivity contribution in [3.63, 3.8) is 0 Å². The topological polar surface area (TPSA) is 119 Å². The van der Waals surface area contributed by atoms with Crippen molar-refractivity contribution < 1.29 is 18.9 Å². The second kappa shape index (κ2) is 8.02. The average Bonchev–Trinajstić information content (AvgIpc) is 3.18. The molecule has 25 heavy (non-hydrogen) atoms. The molecular weight excluding hydrogens is 328 g/mol. The molecular formula is C15H24N6O4. The number of fused-ring (bicyclic) bond motifs is 1. The first kappa shape index (κ1) is 18.0. The molecule has 0 aromatic carbocycles. The van der Waals surface area contributed by atoms with Crippen LogP contribution in [0.25, 0.3) is 11.2 Å². The summed E-state index contributed by atoms with van der Waals surface area (Å²) in [5.41, 5.74) is 7.02. The lowest BCUT2D eigenvalue weighted by molar-refractivity contribution is -0.0778. The van der Waals surface area contributed by atoms with Crippen LogP contribution in [-0.2, 0) is 18.9 Å². The smallest absolute Gasteiger partial charge is 0.167 e. The van der Waals surface area contributed by atoms with Gasteiger partial charge in [0.2, 0.25) is 0 Å². The third kappa shape index (κ3) is 3.44. The molecule has 2 aromatic heterocycles. The number of nitrogens with two attached hydrogens (primary N) is 1. The summed E-state index contributed by atoms with van der Waals surface area (Å²) in [6.45, 7) is 1.38. The van der Waals surface area contributed by atoms with Gasteiger partial charge in [-0.15, -0.1) is 0 Å². The Morgan fingerprint density at radius 1 is 1.24 bits per heavy atom. The van der Waals surface area contributed by atoms with Gasteiger partial charge in [-0.2, -0.15) is 0 Å². The Kier molecular flexibility index (Phi) is 5.76. The molecule has 0 saturated carbocycles. The van der Waals surface area contributed by atoms with Gasteiger partial charge in [0.1, 0.15) is 24.1 Å². The van der Waals surface area contributed by atoms with Crippen LogP contribution in [0.1, 0.15) is 6.23 Å². The lowest BCUT2D eigenvalue weighted by atomic mass is 10.1. The number of hydrogen-bond acceptors (Lipinski definition) is 9. The summed E-state index contributed by atoms with van der Waals surface area (Å²) in [7, 11) is 5.15. The summed E-state index contributed by atoms with van der Waals surface area (Å²) < 4.78 is 24.5. The predicted molar refractivity (Wildman–Crippen MR) is 90.0 cm³/mol. The number of nitrogens with one attached hydrogen (secondary N) is 1. The molecule has 138 valence electrons. The number of hydrogen-bond donors (Lipinski definition) is 2. The molecule has 0 unspecified atom stereocenters. The molecule has 2 aromatic rings. The fourth-order valence-corrected chi connectivity index (χ4v) is 3.12. The lowest BCUT2D eigenvalue weighted by Crippen LogP contribution is -2.45. The Morgan fingerprint density at radius 2 is 2.08 bits per heavy atom. The van der Waals surface area contributed by atoms with E-state index in [0.717, 1.165) is 0 Å². The van der Waals surface area contributed by atoms with Gasteiger partial charge in [0.05, 0.1) is 32.2 Å². The van der Waals surface area contributed by atoms with Crippen molar-refractivity contribution >= 4 is 17.0 Å². The number of anilines is 1. The first-order chi connectivity index (χ1) is 12.2. The molecule has 0 bridgehead atoms. The summed E-state index contributed by atoms with van der Waals surface area (Å²) in [6, 6.07) is -0.0570. The second-order valence-electron chi connectivity index (χ2n) is 5.75. The number of methoxy groups -OCH3 is 2. The molecule has 0 spiro atoms. The Balaban J connectivity index is 1.93. The highest BCUT2D eigenvalue weighted by atomic mass is 16.6. The SMILES string of the molecule is CN[C@H]1[C@@H](OCCOC)[C@H](n2cnc3c(N)ncnc32)O[C@@H]1COC. The largest absolute Gasteiger partial charge is 0.382 e. The van der Waals surface area contributed by atoms with Gasteiger partial charge >= 0.3 is 0 Å². The van der Waals surface area contributed by atoms with Gasteiger partial charge < -0.3 is 30.0 Å². The van der Waals surface area contributed by atoms with Crippen LogP contribution in [0.2, 0.25) is 0 Å². The van der Waals surface area contributed by atoms with E-state index < -0.39 is 6.23 Å². The number of likely N-dealkylation sites (N-methyl/N-ethyl adjacent to an activating group) is 1. The fraction of sp³-hybridized carbons (Fsp3) is 0.667. The maximum atomic E-state index is 6.21. The van der Waals surface area contributed by atoms with E-state index in [2.05, 4.69) is 20.3 Å². The number of aromatic nitrogens is 4. The number of nitrogen functional groups attached to an aromatic ring is 1. The molecule has 1 aliphatic heterocycles. The maximum Gasteiger partial charge on any atom is 0.167 e. The minimum atomic E-state index is -0.422. The molecule has 0 aliphatic carbocycles. The van der Waals surface area contributed by atoms with Crippen LogP contribution in [0.5, 0.6) is 0 Å². The van der Waals surface area contributed by atoms with Gasteiger partial charge in [-0.1, -0.05) is 0 Å². The van der Waals surface area contributed by atoms with Crippen molar-refractivity contribution in [3.8, 4) is 0 Å². The van der Waals surface area contributed by atoms with E-state index in [4.69, 9.17) is 24.7 Å². The molecule has 10 nitrogen and oxygen atoms in total. The highest BCUT2D eigenvalue weighted by Crippen LogP contribution is 2.34. The quantitative estimate of drug-likeness (QED) is 0.610. The highest BCUT2D eigenvalue weighted by Gasteiger charge is 2.46. The lowest BCUT2D eigenvalue weighted by Gasteiger charge is -2.24. The maximum absolute atomic E-state index is 6.21.